The molecule has 1 N–H and O–H groups in total. The number of nitrogens with zero attached hydrogens (tertiary/aromatic N) is 1. The van der Waals surface area contributed by atoms with Gasteiger partial charge in [0.25, 0.3) is 5.69 Å². The SMILES string of the molecule is CCC(C)C(NCc1ccccc1[N+](=O)[O-])C(=O)OC. The zero-order chi connectivity index (χ0) is 15.1. The molecule has 0 spiro atoms. The number of rotatable bonds is 7. The number of ether oxygens (including phenoxy) is 1. The van der Waals surface area contributed by atoms with E-state index in [-0.39, 0.29) is 24.1 Å². The van der Waals surface area contributed by atoms with E-state index in [1.807, 2.05) is 13.8 Å². The lowest BCUT2D eigenvalue weighted by atomic mass is 9.99. The van der Waals surface area contributed by atoms with Crippen molar-refractivity contribution in [3.05, 3.63) is 39.9 Å². The predicted molar refractivity (Wildman–Crippen MR) is 75.2 cm³/mol. The van der Waals surface area contributed by atoms with E-state index >= 15 is 0 Å². The summed E-state index contributed by atoms with van der Waals surface area (Å²) in [6.45, 7) is 4.17. The summed E-state index contributed by atoms with van der Waals surface area (Å²) >= 11 is 0. The van der Waals surface area contributed by atoms with Crippen LogP contribution in [0.4, 0.5) is 5.69 Å². The Kier molecular flexibility index (Phi) is 6.11. The number of benzene rings is 1. The molecule has 0 saturated carbocycles. The molecule has 0 aromatic heterocycles. The van der Waals surface area contributed by atoms with Crippen LogP contribution in [0.1, 0.15) is 25.8 Å². The van der Waals surface area contributed by atoms with Crippen molar-refractivity contribution in [1.82, 2.24) is 5.32 Å². The Balaban J connectivity index is 2.82. The van der Waals surface area contributed by atoms with Gasteiger partial charge in [-0.15, -0.1) is 0 Å². The van der Waals surface area contributed by atoms with Crippen molar-refractivity contribution in [3.63, 3.8) is 0 Å². The Bertz CT molecular complexity index is 476. The molecule has 0 amide bonds. The highest BCUT2D eigenvalue weighted by molar-refractivity contribution is 5.76. The number of hydrogen-bond donors (Lipinski definition) is 1. The normalized spacial score (nSPS) is 13.6. The zero-order valence-corrected chi connectivity index (χ0v) is 12.0. The minimum absolute atomic E-state index is 0.0489. The topological polar surface area (TPSA) is 81.5 Å². The van der Waals surface area contributed by atoms with Crippen LogP contribution in [0, 0.1) is 16.0 Å². The average Bonchev–Trinajstić information content (AvgIpc) is 2.46. The Hall–Kier alpha value is -1.95. The van der Waals surface area contributed by atoms with Crippen molar-refractivity contribution < 1.29 is 14.5 Å². The highest BCUT2D eigenvalue weighted by Gasteiger charge is 2.25. The molecule has 110 valence electrons. The first-order chi connectivity index (χ1) is 9.51. The van der Waals surface area contributed by atoms with Gasteiger partial charge in [-0.05, 0) is 5.92 Å². The standard InChI is InChI=1S/C14H20N2O4/c1-4-10(2)13(14(17)20-3)15-9-11-7-5-6-8-12(11)16(18)19/h5-8,10,13,15H,4,9H2,1-3H3. The van der Waals surface area contributed by atoms with Gasteiger partial charge in [0.2, 0.25) is 0 Å². The molecule has 0 bridgehead atoms. The van der Waals surface area contributed by atoms with Gasteiger partial charge in [0.05, 0.1) is 12.0 Å². The van der Waals surface area contributed by atoms with Crippen molar-refractivity contribution >= 4 is 11.7 Å². The molecule has 1 aromatic rings. The Morgan fingerprint density at radius 2 is 2.10 bits per heavy atom. The van der Waals surface area contributed by atoms with E-state index in [0.717, 1.165) is 6.42 Å². The summed E-state index contributed by atoms with van der Waals surface area (Å²) in [5.41, 5.74) is 0.600. The van der Waals surface area contributed by atoms with Crippen LogP contribution in [0.5, 0.6) is 0 Å². The second-order valence-corrected chi connectivity index (χ2v) is 4.65. The molecule has 0 saturated heterocycles. The Morgan fingerprint density at radius 3 is 2.65 bits per heavy atom. The van der Waals surface area contributed by atoms with Gasteiger partial charge in [-0.25, -0.2) is 0 Å². The quantitative estimate of drug-likeness (QED) is 0.470. The first kappa shape index (κ1) is 16.1. The average molecular weight is 280 g/mol. The number of hydrogen-bond acceptors (Lipinski definition) is 5. The smallest absolute Gasteiger partial charge is 0.323 e. The number of carbonyl (C=O) groups excluding carboxylic acids is 1. The summed E-state index contributed by atoms with van der Waals surface area (Å²) in [6.07, 6.45) is 0.809. The molecule has 0 heterocycles. The van der Waals surface area contributed by atoms with Gasteiger partial charge in [0.1, 0.15) is 6.04 Å². The predicted octanol–water partition coefficient (Wildman–Crippen LogP) is 2.27. The highest BCUT2D eigenvalue weighted by Crippen LogP contribution is 2.18. The van der Waals surface area contributed by atoms with Crippen LogP contribution in [0.15, 0.2) is 24.3 Å². The summed E-state index contributed by atoms with van der Waals surface area (Å²) < 4.78 is 4.77. The highest BCUT2D eigenvalue weighted by atomic mass is 16.6. The maximum atomic E-state index is 11.7. The molecule has 1 rings (SSSR count). The maximum Gasteiger partial charge on any atom is 0.323 e. The fraction of sp³-hybridized carbons (Fsp3) is 0.500. The van der Waals surface area contributed by atoms with E-state index < -0.39 is 11.0 Å². The number of nitro benzene ring substituents is 1. The third-order valence-electron chi connectivity index (χ3n) is 3.37. The second-order valence-electron chi connectivity index (χ2n) is 4.65. The molecule has 0 fully saturated rings. The lowest BCUT2D eigenvalue weighted by molar-refractivity contribution is -0.385. The summed E-state index contributed by atoms with van der Waals surface area (Å²) in [6, 6.07) is 6.02. The molecule has 0 radical (unpaired) electrons. The zero-order valence-electron chi connectivity index (χ0n) is 12.0. The molecule has 0 aliphatic carbocycles. The van der Waals surface area contributed by atoms with Gasteiger partial charge >= 0.3 is 5.97 Å². The molecule has 2 unspecified atom stereocenters. The van der Waals surface area contributed by atoms with Crippen molar-refractivity contribution in [1.29, 1.82) is 0 Å². The van der Waals surface area contributed by atoms with Crippen molar-refractivity contribution in [2.24, 2.45) is 5.92 Å². The molecule has 6 nitrogen and oxygen atoms in total. The van der Waals surface area contributed by atoms with Gasteiger partial charge in [-0.3, -0.25) is 20.2 Å². The number of carbonyl (C=O) groups is 1. The van der Waals surface area contributed by atoms with E-state index in [9.17, 15) is 14.9 Å². The molecule has 0 aliphatic rings. The minimum Gasteiger partial charge on any atom is -0.468 e. The number of methoxy groups -OCH3 is 1. The molecule has 0 aliphatic heterocycles. The van der Waals surface area contributed by atoms with Crippen LogP contribution >= 0.6 is 0 Å². The molecule has 1 aromatic carbocycles. The van der Waals surface area contributed by atoms with Crippen LogP contribution in [0.25, 0.3) is 0 Å². The van der Waals surface area contributed by atoms with Crippen molar-refractivity contribution in [2.75, 3.05) is 7.11 Å². The number of nitro groups is 1. The van der Waals surface area contributed by atoms with Crippen LogP contribution in [-0.2, 0) is 16.1 Å². The lowest BCUT2D eigenvalue weighted by Crippen LogP contribution is -2.42. The van der Waals surface area contributed by atoms with E-state index in [1.165, 1.54) is 13.2 Å². The third kappa shape index (κ3) is 4.03. The minimum atomic E-state index is -0.468. The van der Waals surface area contributed by atoms with Gasteiger partial charge in [0.15, 0.2) is 0 Å². The number of esters is 1. The van der Waals surface area contributed by atoms with Gasteiger partial charge in [0, 0.05) is 18.2 Å². The Labute approximate surface area is 118 Å². The second kappa shape index (κ2) is 7.59. The molecule has 20 heavy (non-hydrogen) atoms. The number of nitrogens with one attached hydrogen (secondary N) is 1. The Morgan fingerprint density at radius 1 is 1.45 bits per heavy atom. The monoisotopic (exact) mass is 280 g/mol. The fourth-order valence-electron chi connectivity index (χ4n) is 1.94. The summed E-state index contributed by atoms with van der Waals surface area (Å²) in [4.78, 5) is 22.2. The largest absolute Gasteiger partial charge is 0.468 e. The molecular weight excluding hydrogens is 260 g/mol. The summed E-state index contributed by atoms with van der Waals surface area (Å²) in [5, 5.41) is 14.0. The molecular formula is C14H20N2O4. The van der Waals surface area contributed by atoms with E-state index in [0.29, 0.717) is 5.56 Å². The maximum absolute atomic E-state index is 11.7. The first-order valence-electron chi connectivity index (χ1n) is 6.54. The first-order valence-corrected chi connectivity index (χ1v) is 6.54. The molecule has 6 heteroatoms. The lowest BCUT2D eigenvalue weighted by Gasteiger charge is -2.21. The fourth-order valence-corrected chi connectivity index (χ4v) is 1.94. The third-order valence-corrected chi connectivity index (χ3v) is 3.37. The van der Waals surface area contributed by atoms with Crippen LogP contribution in [0.2, 0.25) is 0 Å². The van der Waals surface area contributed by atoms with Crippen LogP contribution < -0.4 is 5.32 Å². The van der Waals surface area contributed by atoms with E-state index in [4.69, 9.17) is 4.74 Å². The van der Waals surface area contributed by atoms with Crippen molar-refractivity contribution in [3.8, 4) is 0 Å². The van der Waals surface area contributed by atoms with E-state index in [1.54, 1.807) is 18.2 Å². The van der Waals surface area contributed by atoms with Gasteiger partial charge < -0.3 is 4.74 Å². The van der Waals surface area contributed by atoms with Gasteiger partial charge in [-0.1, -0.05) is 38.5 Å². The number of para-hydroxylation sites is 1. The van der Waals surface area contributed by atoms with E-state index in [2.05, 4.69) is 5.32 Å². The summed E-state index contributed by atoms with van der Waals surface area (Å²) in [7, 11) is 1.34. The van der Waals surface area contributed by atoms with Crippen molar-refractivity contribution in [2.45, 2.75) is 32.9 Å². The summed E-state index contributed by atoms with van der Waals surface area (Å²) in [5.74, 6) is -0.261. The van der Waals surface area contributed by atoms with Gasteiger partial charge in [-0.2, -0.15) is 0 Å². The molecule has 2 atom stereocenters. The van der Waals surface area contributed by atoms with Crippen LogP contribution in [-0.4, -0.2) is 24.0 Å². The van der Waals surface area contributed by atoms with Crippen LogP contribution in [0.3, 0.4) is 0 Å².